The van der Waals surface area contributed by atoms with Crippen LogP contribution in [0.25, 0.3) is 0 Å². The van der Waals surface area contributed by atoms with E-state index in [1.54, 1.807) is 0 Å². The molecule has 130 valence electrons. The molecule has 0 saturated heterocycles. The molecule has 1 heterocycles. The first-order valence-electron chi connectivity index (χ1n) is 7.04. The molecule has 23 heavy (non-hydrogen) atoms. The Morgan fingerprint density at radius 2 is 2.17 bits per heavy atom. The van der Waals surface area contributed by atoms with E-state index in [0.29, 0.717) is 26.0 Å². The molecule has 0 aliphatic heterocycles. The van der Waals surface area contributed by atoms with Crippen LogP contribution in [0.1, 0.15) is 25.3 Å². The number of rotatable bonds is 9. The maximum Gasteiger partial charge on any atom is 0.417 e. The molecule has 0 radical (unpaired) electrons. The van der Waals surface area contributed by atoms with Crippen molar-refractivity contribution in [2.24, 2.45) is 0 Å². The highest BCUT2D eigenvalue weighted by atomic mass is 35.5. The maximum atomic E-state index is 12.5. The zero-order valence-electron chi connectivity index (χ0n) is 12.6. The average Bonchev–Trinajstić information content (AvgIpc) is 2.48. The van der Waals surface area contributed by atoms with Crippen LogP contribution in [0.4, 0.5) is 13.2 Å². The monoisotopic (exact) mass is 370 g/mol. The molecule has 0 spiro atoms. The summed E-state index contributed by atoms with van der Waals surface area (Å²) in [4.78, 5) is 15.3. The van der Waals surface area contributed by atoms with Gasteiger partial charge in [-0.2, -0.15) is 13.2 Å². The van der Waals surface area contributed by atoms with E-state index < -0.39 is 11.7 Å². The normalized spacial score (nSPS) is 11.5. The van der Waals surface area contributed by atoms with Crippen molar-refractivity contribution in [1.82, 2.24) is 10.3 Å². The number of hydrogen-bond donors (Lipinski definition) is 1. The largest absolute Gasteiger partial charge is 0.417 e. The van der Waals surface area contributed by atoms with Crippen molar-refractivity contribution in [1.29, 1.82) is 0 Å². The number of ether oxygens (including phenoxy) is 1. The molecule has 0 atom stereocenters. The number of nitrogens with one attached hydrogen (secondary N) is 1. The van der Waals surface area contributed by atoms with Crippen molar-refractivity contribution in [3.05, 3.63) is 22.8 Å². The van der Waals surface area contributed by atoms with Crippen LogP contribution in [-0.4, -0.2) is 36.4 Å². The smallest absolute Gasteiger partial charge is 0.380 e. The fraction of sp³-hybridized carbons (Fsp3) is 0.571. The third kappa shape index (κ3) is 7.90. The summed E-state index contributed by atoms with van der Waals surface area (Å²) in [5.74, 6) is -0.237. The molecule has 4 nitrogen and oxygen atoms in total. The average molecular weight is 371 g/mol. The van der Waals surface area contributed by atoms with Crippen LogP contribution in [0.5, 0.6) is 0 Å². The number of unbranched alkanes of at least 4 members (excludes halogenated alkanes) is 1. The maximum absolute atomic E-state index is 12.5. The zero-order chi connectivity index (χ0) is 17.3. The summed E-state index contributed by atoms with van der Waals surface area (Å²) in [6.45, 7) is 3.53. The summed E-state index contributed by atoms with van der Waals surface area (Å²) in [6.07, 6.45) is -1.77. The Kier molecular flexibility index (Phi) is 8.72. The minimum atomic E-state index is -4.49. The Balaban J connectivity index is 2.33. The predicted molar refractivity (Wildman–Crippen MR) is 83.7 cm³/mol. The van der Waals surface area contributed by atoms with Crippen molar-refractivity contribution in [3.8, 4) is 0 Å². The van der Waals surface area contributed by atoms with Crippen LogP contribution in [0.2, 0.25) is 5.02 Å². The van der Waals surface area contributed by atoms with Gasteiger partial charge in [-0.1, -0.05) is 36.7 Å². The Bertz CT molecular complexity index is 515. The summed E-state index contributed by atoms with van der Waals surface area (Å²) in [6, 6.07) is 0.802. The Labute approximate surface area is 142 Å². The van der Waals surface area contributed by atoms with E-state index in [1.807, 2.05) is 0 Å². The summed E-state index contributed by atoms with van der Waals surface area (Å²) in [7, 11) is 0. The number of thioether (sulfide) groups is 1. The first-order valence-corrected chi connectivity index (χ1v) is 8.41. The number of hydrogen-bond acceptors (Lipinski definition) is 4. The van der Waals surface area contributed by atoms with Gasteiger partial charge in [-0.05, 0) is 12.5 Å². The summed E-state index contributed by atoms with van der Waals surface area (Å²) < 4.78 is 42.7. The zero-order valence-corrected chi connectivity index (χ0v) is 14.2. The van der Waals surface area contributed by atoms with Gasteiger partial charge in [-0.3, -0.25) is 4.79 Å². The van der Waals surface area contributed by atoms with Gasteiger partial charge in [0.05, 0.1) is 22.9 Å². The van der Waals surface area contributed by atoms with Crippen molar-refractivity contribution < 1.29 is 22.7 Å². The quantitative estimate of drug-likeness (QED) is 0.531. The number of amides is 1. The van der Waals surface area contributed by atoms with Crippen molar-refractivity contribution in [2.75, 3.05) is 25.5 Å². The molecular formula is C14H18ClF3N2O2S. The lowest BCUT2D eigenvalue weighted by atomic mass is 10.3. The van der Waals surface area contributed by atoms with E-state index >= 15 is 0 Å². The van der Waals surface area contributed by atoms with E-state index in [-0.39, 0.29) is 21.7 Å². The fourth-order valence-corrected chi connectivity index (χ4v) is 2.51. The Morgan fingerprint density at radius 3 is 2.78 bits per heavy atom. The van der Waals surface area contributed by atoms with E-state index in [0.717, 1.165) is 30.7 Å². The second-order valence-corrected chi connectivity index (χ2v) is 5.98. The lowest BCUT2D eigenvalue weighted by Crippen LogP contribution is -2.28. The molecule has 1 amide bonds. The molecule has 1 N–H and O–H groups in total. The molecule has 0 aliphatic rings. The number of nitrogens with zero attached hydrogens (tertiary/aromatic N) is 1. The first kappa shape index (κ1) is 20.1. The Morgan fingerprint density at radius 1 is 1.43 bits per heavy atom. The van der Waals surface area contributed by atoms with Crippen LogP contribution in [-0.2, 0) is 15.7 Å². The number of pyridine rings is 1. The highest BCUT2D eigenvalue weighted by molar-refractivity contribution is 8.00. The standard InChI is InChI=1S/C14H18ClF3N2O2S/c1-2-3-5-22-6-4-19-12(21)9-23-13-11(15)7-10(8-20-13)14(16,17)18/h7-8H,2-6,9H2,1H3,(H,19,21). The Hall–Kier alpha value is -0.990. The second kappa shape index (κ2) is 10.00. The topological polar surface area (TPSA) is 51.2 Å². The minimum absolute atomic E-state index is 0.0209. The molecule has 1 aromatic rings. The van der Waals surface area contributed by atoms with Crippen LogP contribution in [0.3, 0.4) is 0 Å². The summed E-state index contributed by atoms with van der Waals surface area (Å²) in [5, 5.41) is 2.71. The number of alkyl halides is 3. The molecule has 1 rings (SSSR count). The number of halogens is 4. The number of aromatic nitrogens is 1. The van der Waals surface area contributed by atoms with Crippen molar-refractivity contribution >= 4 is 29.3 Å². The fourth-order valence-electron chi connectivity index (χ4n) is 1.48. The minimum Gasteiger partial charge on any atom is -0.380 e. The van der Waals surface area contributed by atoms with Gasteiger partial charge >= 0.3 is 6.18 Å². The second-order valence-electron chi connectivity index (χ2n) is 4.61. The van der Waals surface area contributed by atoms with Gasteiger partial charge in [0.15, 0.2) is 0 Å². The molecule has 0 saturated carbocycles. The molecule has 1 aromatic heterocycles. The molecule has 9 heteroatoms. The lowest BCUT2D eigenvalue weighted by molar-refractivity contribution is -0.137. The van der Waals surface area contributed by atoms with Gasteiger partial charge in [-0.25, -0.2) is 4.98 Å². The number of carbonyl (C=O) groups excluding carboxylic acids is 1. The lowest BCUT2D eigenvalue weighted by Gasteiger charge is -2.09. The third-order valence-corrected chi connectivity index (χ3v) is 4.09. The molecular weight excluding hydrogens is 353 g/mol. The highest BCUT2D eigenvalue weighted by Gasteiger charge is 2.31. The van der Waals surface area contributed by atoms with Gasteiger partial charge in [0.2, 0.25) is 5.91 Å². The van der Waals surface area contributed by atoms with Crippen LogP contribution in [0.15, 0.2) is 17.3 Å². The molecule has 0 aliphatic carbocycles. The van der Waals surface area contributed by atoms with Gasteiger partial charge in [-0.15, -0.1) is 0 Å². The van der Waals surface area contributed by atoms with Gasteiger partial charge in [0.1, 0.15) is 5.03 Å². The molecule has 0 unspecified atom stereocenters. The van der Waals surface area contributed by atoms with Crippen LogP contribution < -0.4 is 5.32 Å². The summed E-state index contributed by atoms with van der Waals surface area (Å²) in [5.41, 5.74) is -0.916. The predicted octanol–water partition coefficient (Wildman–Crippen LogP) is 3.78. The van der Waals surface area contributed by atoms with E-state index in [9.17, 15) is 18.0 Å². The molecule has 0 bridgehead atoms. The third-order valence-electron chi connectivity index (χ3n) is 2.69. The van der Waals surface area contributed by atoms with Crippen LogP contribution in [0, 0.1) is 0 Å². The highest BCUT2D eigenvalue weighted by Crippen LogP contribution is 2.33. The van der Waals surface area contributed by atoms with Gasteiger partial charge in [0.25, 0.3) is 0 Å². The number of carbonyl (C=O) groups is 1. The van der Waals surface area contributed by atoms with E-state index in [2.05, 4.69) is 17.2 Å². The SMILES string of the molecule is CCCCOCCNC(=O)CSc1ncc(C(F)(F)F)cc1Cl. The van der Waals surface area contributed by atoms with Crippen molar-refractivity contribution in [2.45, 2.75) is 31.0 Å². The van der Waals surface area contributed by atoms with Gasteiger partial charge < -0.3 is 10.1 Å². The van der Waals surface area contributed by atoms with Gasteiger partial charge in [0, 0.05) is 19.3 Å². The first-order chi connectivity index (χ1) is 10.8. The van der Waals surface area contributed by atoms with Crippen molar-refractivity contribution in [3.63, 3.8) is 0 Å². The molecule has 0 aromatic carbocycles. The van der Waals surface area contributed by atoms with E-state index in [4.69, 9.17) is 16.3 Å². The molecule has 0 fully saturated rings. The summed E-state index contributed by atoms with van der Waals surface area (Å²) >= 11 is 6.74. The van der Waals surface area contributed by atoms with E-state index in [1.165, 1.54) is 0 Å². The van der Waals surface area contributed by atoms with Crippen LogP contribution >= 0.6 is 23.4 Å².